The summed E-state index contributed by atoms with van der Waals surface area (Å²) in [6.45, 7) is 2.75. The molecule has 18 heavy (non-hydrogen) atoms. The zero-order chi connectivity index (χ0) is 13.2. The molecule has 0 saturated carbocycles. The van der Waals surface area contributed by atoms with Gasteiger partial charge in [0.1, 0.15) is 5.75 Å². The number of benzene rings is 1. The highest BCUT2D eigenvalue weighted by atomic mass is 16.5. The van der Waals surface area contributed by atoms with Crippen LogP contribution in [0.25, 0.3) is 0 Å². The lowest BCUT2D eigenvalue weighted by molar-refractivity contribution is -0.127. The Morgan fingerprint density at radius 2 is 2.06 bits per heavy atom. The molecule has 0 saturated heterocycles. The number of carbonyl (C=O) groups excluding carboxylic acids is 1. The molecular formula is C13H19NO4. The Morgan fingerprint density at radius 3 is 2.72 bits per heavy atom. The first-order valence-electron chi connectivity index (χ1n) is 5.92. The Kier molecular flexibility index (Phi) is 6.83. The van der Waals surface area contributed by atoms with Crippen LogP contribution in [0.3, 0.4) is 0 Å². The Morgan fingerprint density at radius 1 is 1.33 bits per heavy atom. The van der Waals surface area contributed by atoms with Crippen LogP contribution in [0, 0.1) is 0 Å². The summed E-state index contributed by atoms with van der Waals surface area (Å²) in [6, 6.07) is 9.18. The average molecular weight is 253 g/mol. The normalized spacial score (nSPS) is 11.9. The molecule has 0 aliphatic carbocycles. The third-order valence-electron chi connectivity index (χ3n) is 2.21. The molecule has 0 bridgehead atoms. The second-order valence-corrected chi connectivity index (χ2v) is 3.70. The quantitative estimate of drug-likeness (QED) is 0.665. The highest BCUT2D eigenvalue weighted by Crippen LogP contribution is 2.10. The summed E-state index contributed by atoms with van der Waals surface area (Å²) in [5.74, 6) is 0.475. The van der Waals surface area contributed by atoms with Gasteiger partial charge in [0.25, 0.3) is 5.91 Å². The van der Waals surface area contributed by atoms with Gasteiger partial charge in [0.15, 0.2) is 6.10 Å². The molecule has 1 aromatic rings. The van der Waals surface area contributed by atoms with Crippen LogP contribution >= 0.6 is 0 Å². The van der Waals surface area contributed by atoms with Crippen molar-refractivity contribution in [2.24, 2.45) is 0 Å². The van der Waals surface area contributed by atoms with Gasteiger partial charge >= 0.3 is 0 Å². The van der Waals surface area contributed by atoms with E-state index in [2.05, 4.69) is 5.32 Å². The van der Waals surface area contributed by atoms with E-state index in [0.29, 0.717) is 18.9 Å². The number of aliphatic hydroxyl groups is 1. The molecular weight excluding hydrogens is 234 g/mol. The van der Waals surface area contributed by atoms with E-state index in [0.717, 1.165) is 0 Å². The molecule has 0 heterocycles. The molecule has 0 aromatic heterocycles. The van der Waals surface area contributed by atoms with Crippen molar-refractivity contribution in [2.45, 2.75) is 13.0 Å². The second-order valence-electron chi connectivity index (χ2n) is 3.70. The predicted octanol–water partition coefficient (Wildman–Crippen LogP) is 0.579. The van der Waals surface area contributed by atoms with Crippen LogP contribution in [-0.2, 0) is 9.53 Å². The Labute approximate surface area is 107 Å². The van der Waals surface area contributed by atoms with E-state index in [9.17, 15) is 4.79 Å². The standard InChI is InChI=1S/C13H19NO4/c1-11(18-12-5-3-2-4-6-12)13(16)14-7-9-17-10-8-15/h2-6,11,15H,7-10H2,1H3,(H,14,16). The minimum absolute atomic E-state index is 0.0124. The maximum absolute atomic E-state index is 11.6. The van der Waals surface area contributed by atoms with E-state index in [4.69, 9.17) is 14.6 Å². The fraction of sp³-hybridized carbons (Fsp3) is 0.462. The predicted molar refractivity (Wildman–Crippen MR) is 67.4 cm³/mol. The Hall–Kier alpha value is -1.59. The number of hydrogen-bond donors (Lipinski definition) is 2. The van der Waals surface area contributed by atoms with Gasteiger partial charge in [0, 0.05) is 6.54 Å². The van der Waals surface area contributed by atoms with Crippen molar-refractivity contribution in [1.82, 2.24) is 5.32 Å². The van der Waals surface area contributed by atoms with Gasteiger partial charge in [0.2, 0.25) is 0 Å². The minimum Gasteiger partial charge on any atom is -0.481 e. The van der Waals surface area contributed by atoms with Crippen molar-refractivity contribution in [3.63, 3.8) is 0 Å². The van der Waals surface area contributed by atoms with Crippen molar-refractivity contribution in [3.8, 4) is 5.75 Å². The van der Waals surface area contributed by atoms with Crippen molar-refractivity contribution in [1.29, 1.82) is 0 Å². The minimum atomic E-state index is -0.551. The summed E-state index contributed by atoms with van der Waals surface area (Å²) in [5, 5.41) is 11.2. The highest BCUT2D eigenvalue weighted by molar-refractivity contribution is 5.80. The summed E-state index contributed by atoms with van der Waals surface area (Å²) in [5.41, 5.74) is 0. The van der Waals surface area contributed by atoms with E-state index in [-0.39, 0.29) is 19.1 Å². The largest absolute Gasteiger partial charge is 0.481 e. The van der Waals surface area contributed by atoms with Crippen LogP contribution in [0.4, 0.5) is 0 Å². The lowest BCUT2D eigenvalue weighted by Crippen LogP contribution is -2.38. The van der Waals surface area contributed by atoms with Gasteiger partial charge in [-0.25, -0.2) is 0 Å². The van der Waals surface area contributed by atoms with E-state index in [1.54, 1.807) is 19.1 Å². The zero-order valence-corrected chi connectivity index (χ0v) is 10.5. The summed E-state index contributed by atoms with van der Waals surface area (Å²) in [4.78, 5) is 11.6. The van der Waals surface area contributed by atoms with Gasteiger partial charge < -0.3 is 19.9 Å². The van der Waals surface area contributed by atoms with Crippen LogP contribution in [0.5, 0.6) is 5.75 Å². The lowest BCUT2D eigenvalue weighted by Gasteiger charge is -2.14. The number of rotatable bonds is 8. The van der Waals surface area contributed by atoms with Crippen molar-refractivity contribution in [3.05, 3.63) is 30.3 Å². The fourth-order valence-electron chi connectivity index (χ4n) is 1.31. The summed E-state index contributed by atoms with van der Waals surface area (Å²) in [7, 11) is 0. The number of nitrogens with one attached hydrogen (secondary N) is 1. The lowest BCUT2D eigenvalue weighted by atomic mass is 10.3. The molecule has 1 aromatic carbocycles. The number of aliphatic hydroxyl groups excluding tert-OH is 1. The van der Waals surface area contributed by atoms with Crippen molar-refractivity contribution in [2.75, 3.05) is 26.4 Å². The van der Waals surface area contributed by atoms with Crippen LogP contribution in [0.15, 0.2) is 30.3 Å². The molecule has 2 N–H and O–H groups in total. The SMILES string of the molecule is CC(Oc1ccccc1)C(=O)NCCOCCO. The Bertz CT molecular complexity index is 342. The third kappa shape index (κ3) is 5.65. The van der Waals surface area contributed by atoms with Crippen LogP contribution < -0.4 is 10.1 Å². The van der Waals surface area contributed by atoms with E-state index in [1.807, 2.05) is 18.2 Å². The number of ether oxygens (including phenoxy) is 2. The Balaban J connectivity index is 2.21. The molecule has 1 rings (SSSR count). The molecule has 100 valence electrons. The number of amides is 1. The molecule has 0 fully saturated rings. The second kappa shape index (κ2) is 8.49. The molecule has 0 radical (unpaired) electrons. The topological polar surface area (TPSA) is 67.8 Å². The molecule has 0 spiro atoms. The smallest absolute Gasteiger partial charge is 0.260 e. The molecule has 0 aliphatic rings. The van der Waals surface area contributed by atoms with E-state index >= 15 is 0 Å². The van der Waals surface area contributed by atoms with Crippen LogP contribution in [0.1, 0.15) is 6.92 Å². The van der Waals surface area contributed by atoms with Crippen molar-refractivity contribution >= 4 is 5.91 Å². The molecule has 1 unspecified atom stereocenters. The number of carbonyl (C=O) groups is 1. The van der Waals surface area contributed by atoms with Gasteiger partial charge in [-0.2, -0.15) is 0 Å². The maximum atomic E-state index is 11.6. The van der Waals surface area contributed by atoms with Gasteiger partial charge in [-0.15, -0.1) is 0 Å². The molecule has 5 heteroatoms. The first-order chi connectivity index (χ1) is 8.74. The van der Waals surface area contributed by atoms with E-state index < -0.39 is 6.10 Å². The zero-order valence-electron chi connectivity index (χ0n) is 10.5. The van der Waals surface area contributed by atoms with Crippen LogP contribution in [0.2, 0.25) is 0 Å². The monoisotopic (exact) mass is 253 g/mol. The number of para-hydroxylation sites is 1. The van der Waals surface area contributed by atoms with E-state index in [1.165, 1.54) is 0 Å². The van der Waals surface area contributed by atoms with Gasteiger partial charge in [-0.1, -0.05) is 18.2 Å². The molecule has 1 amide bonds. The first kappa shape index (κ1) is 14.5. The molecule has 5 nitrogen and oxygen atoms in total. The first-order valence-corrected chi connectivity index (χ1v) is 5.92. The summed E-state index contributed by atoms with van der Waals surface area (Å²) in [6.07, 6.45) is -0.551. The number of hydrogen-bond acceptors (Lipinski definition) is 4. The average Bonchev–Trinajstić information content (AvgIpc) is 2.39. The highest BCUT2D eigenvalue weighted by Gasteiger charge is 2.13. The molecule has 0 aliphatic heterocycles. The molecule has 1 atom stereocenters. The summed E-state index contributed by atoms with van der Waals surface area (Å²) < 4.78 is 10.5. The summed E-state index contributed by atoms with van der Waals surface area (Å²) >= 11 is 0. The van der Waals surface area contributed by atoms with Gasteiger partial charge in [0.05, 0.1) is 19.8 Å². The van der Waals surface area contributed by atoms with Crippen LogP contribution in [-0.4, -0.2) is 43.5 Å². The van der Waals surface area contributed by atoms with Crippen molar-refractivity contribution < 1.29 is 19.4 Å². The fourth-order valence-corrected chi connectivity index (χ4v) is 1.31. The maximum Gasteiger partial charge on any atom is 0.260 e. The van der Waals surface area contributed by atoms with Gasteiger partial charge in [-0.05, 0) is 19.1 Å². The van der Waals surface area contributed by atoms with Gasteiger partial charge in [-0.3, -0.25) is 4.79 Å². The third-order valence-corrected chi connectivity index (χ3v) is 2.21.